The molecule has 0 aliphatic heterocycles. The van der Waals surface area contributed by atoms with Gasteiger partial charge in [0.1, 0.15) is 0 Å². The van der Waals surface area contributed by atoms with Gasteiger partial charge in [-0.05, 0) is 19.8 Å². The van der Waals surface area contributed by atoms with Gasteiger partial charge in [-0.3, -0.25) is 0 Å². The summed E-state index contributed by atoms with van der Waals surface area (Å²) < 4.78 is 33.3. The zero-order valence-corrected chi connectivity index (χ0v) is 12.2. The molecule has 0 radical (unpaired) electrons. The molecule has 1 aliphatic rings. The molecule has 6 nitrogen and oxygen atoms in total. The lowest BCUT2D eigenvalue weighted by molar-refractivity contribution is 0.282. The van der Waals surface area contributed by atoms with Crippen molar-refractivity contribution in [2.45, 2.75) is 51.6 Å². The Balaban J connectivity index is 1.93. The van der Waals surface area contributed by atoms with Gasteiger partial charge >= 0.3 is 0 Å². The summed E-state index contributed by atoms with van der Waals surface area (Å²) in [5, 5.41) is 3.73. The van der Waals surface area contributed by atoms with Crippen LogP contribution in [0.5, 0.6) is 0 Å². The first-order valence-corrected chi connectivity index (χ1v) is 8.08. The van der Waals surface area contributed by atoms with Crippen LogP contribution in [0, 0.1) is 6.92 Å². The number of nitrogens with one attached hydrogen (secondary N) is 1. The third kappa shape index (κ3) is 3.77. The zero-order valence-electron chi connectivity index (χ0n) is 11.4. The quantitative estimate of drug-likeness (QED) is 0.892. The van der Waals surface area contributed by atoms with E-state index in [1.165, 1.54) is 10.7 Å². The van der Waals surface area contributed by atoms with Crippen LogP contribution >= 0.6 is 0 Å². The Bertz CT molecular complexity index is 506. The van der Waals surface area contributed by atoms with Crippen molar-refractivity contribution in [3.63, 3.8) is 0 Å². The molecule has 19 heavy (non-hydrogen) atoms. The Labute approximate surface area is 114 Å². The zero-order chi connectivity index (χ0) is 13.9. The summed E-state index contributed by atoms with van der Waals surface area (Å²) in [6, 6.07) is 1.84. The van der Waals surface area contributed by atoms with Crippen LogP contribution in [0.15, 0.2) is 10.6 Å². The molecule has 0 unspecified atom stereocenters. The summed E-state index contributed by atoms with van der Waals surface area (Å²) in [6.07, 6.45) is 5.30. The third-order valence-electron chi connectivity index (χ3n) is 3.57. The first-order chi connectivity index (χ1) is 8.99. The van der Waals surface area contributed by atoms with E-state index in [1.807, 2.05) is 0 Å². The van der Waals surface area contributed by atoms with Crippen LogP contribution in [0.1, 0.15) is 43.6 Å². The molecule has 0 aromatic carbocycles. The van der Waals surface area contributed by atoms with Gasteiger partial charge in [-0.2, -0.15) is 17.4 Å². The molecule has 108 valence electrons. The molecule has 1 aromatic rings. The highest BCUT2D eigenvalue weighted by atomic mass is 32.2. The summed E-state index contributed by atoms with van der Waals surface area (Å²) in [5.74, 6) is 0.526. The fourth-order valence-corrected chi connectivity index (χ4v) is 3.54. The summed E-state index contributed by atoms with van der Waals surface area (Å²) in [5.41, 5.74) is 0.745. The molecule has 0 amide bonds. The second-order valence-electron chi connectivity index (χ2n) is 5.07. The molecule has 1 aromatic heterocycles. The van der Waals surface area contributed by atoms with E-state index in [-0.39, 0.29) is 12.6 Å². The van der Waals surface area contributed by atoms with Crippen LogP contribution in [-0.2, 0) is 16.8 Å². The van der Waals surface area contributed by atoms with Crippen molar-refractivity contribution in [2.75, 3.05) is 7.05 Å². The van der Waals surface area contributed by atoms with Crippen LogP contribution < -0.4 is 4.72 Å². The van der Waals surface area contributed by atoms with Gasteiger partial charge in [0.2, 0.25) is 0 Å². The summed E-state index contributed by atoms with van der Waals surface area (Å²) >= 11 is 0. The maximum Gasteiger partial charge on any atom is 0.279 e. The SMILES string of the molecule is Cc1cc(CNS(=O)(=O)N(C)C2CCCCC2)on1. The van der Waals surface area contributed by atoms with Crippen LogP contribution in [-0.4, -0.2) is 31.0 Å². The van der Waals surface area contributed by atoms with Gasteiger partial charge in [0.05, 0.1) is 12.2 Å². The van der Waals surface area contributed by atoms with E-state index in [9.17, 15) is 8.42 Å². The minimum Gasteiger partial charge on any atom is -0.360 e. The molecular formula is C12H21N3O3S. The van der Waals surface area contributed by atoms with Gasteiger partial charge in [-0.15, -0.1) is 0 Å². The molecule has 0 bridgehead atoms. The van der Waals surface area contributed by atoms with Gasteiger partial charge in [-0.25, -0.2) is 0 Å². The molecule has 1 aliphatic carbocycles. The highest BCUT2D eigenvalue weighted by Gasteiger charge is 2.27. The molecule has 1 saturated carbocycles. The molecule has 0 atom stereocenters. The molecule has 1 heterocycles. The van der Waals surface area contributed by atoms with Gasteiger partial charge in [0, 0.05) is 19.2 Å². The average molecular weight is 287 g/mol. The highest BCUT2D eigenvalue weighted by Crippen LogP contribution is 2.23. The van der Waals surface area contributed by atoms with E-state index in [1.54, 1.807) is 20.0 Å². The van der Waals surface area contributed by atoms with Crippen molar-refractivity contribution in [2.24, 2.45) is 0 Å². The van der Waals surface area contributed by atoms with Crippen molar-refractivity contribution in [1.82, 2.24) is 14.2 Å². The van der Waals surface area contributed by atoms with Crippen molar-refractivity contribution >= 4 is 10.2 Å². The number of rotatable bonds is 5. The monoisotopic (exact) mass is 287 g/mol. The Morgan fingerprint density at radius 2 is 2.11 bits per heavy atom. The second-order valence-corrected chi connectivity index (χ2v) is 6.88. The largest absolute Gasteiger partial charge is 0.360 e. The Morgan fingerprint density at radius 1 is 1.42 bits per heavy atom. The maximum atomic E-state index is 12.2. The molecular weight excluding hydrogens is 266 g/mol. The fourth-order valence-electron chi connectivity index (χ4n) is 2.40. The Kier molecular flexibility index (Phi) is 4.59. The van der Waals surface area contributed by atoms with Crippen molar-refractivity contribution in [3.05, 3.63) is 17.5 Å². The van der Waals surface area contributed by atoms with Gasteiger partial charge < -0.3 is 4.52 Å². The molecule has 0 spiro atoms. The van der Waals surface area contributed by atoms with E-state index in [0.29, 0.717) is 5.76 Å². The molecule has 1 fully saturated rings. The van der Waals surface area contributed by atoms with Gasteiger partial charge in [-0.1, -0.05) is 24.4 Å². The lowest BCUT2D eigenvalue weighted by Crippen LogP contribution is -2.44. The first kappa shape index (κ1) is 14.5. The predicted molar refractivity (Wildman–Crippen MR) is 71.6 cm³/mol. The topological polar surface area (TPSA) is 75.4 Å². The number of aryl methyl sites for hydroxylation is 1. The lowest BCUT2D eigenvalue weighted by Gasteiger charge is -2.30. The van der Waals surface area contributed by atoms with Gasteiger partial charge in [0.25, 0.3) is 10.2 Å². The third-order valence-corrected chi connectivity index (χ3v) is 5.14. The standard InChI is InChI=1S/C12H21N3O3S/c1-10-8-12(18-14-10)9-13-19(16,17)15(2)11-6-4-3-5-7-11/h8,11,13H,3-7,9H2,1-2H3. The smallest absolute Gasteiger partial charge is 0.279 e. The fraction of sp³-hybridized carbons (Fsp3) is 0.750. The van der Waals surface area contributed by atoms with Crippen LogP contribution in [0.2, 0.25) is 0 Å². The summed E-state index contributed by atoms with van der Waals surface area (Å²) in [6.45, 7) is 1.94. The van der Waals surface area contributed by atoms with Crippen molar-refractivity contribution in [3.8, 4) is 0 Å². The maximum absolute atomic E-state index is 12.2. The Morgan fingerprint density at radius 3 is 2.68 bits per heavy atom. The number of nitrogens with zero attached hydrogens (tertiary/aromatic N) is 2. The van der Waals surface area contributed by atoms with Gasteiger partial charge in [0.15, 0.2) is 5.76 Å². The molecule has 0 saturated heterocycles. The van der Waals surface area contributed by atoms with E-state index >= 15 is 0 Å². The lowest BCUT2D eigenvalue weighted by atomic mass is 9.96. The van der Waals surface area contributed by atoms with Crippen LogP contribution in [0.25, 0.3) is 0 Å². The van der Waals surface area contributed by atoms with E-state index < -0.39 is 10.2 Å². The van der Waals surface area contributed by atoms with E-state index in [2.05, 4.69) is 9.88 Å². The molecule has 7 heteroatoms. The normalized spacial score (nSPS) is 18.1. The highest BCUT2D eigenvalue weighted by molar-refractivity contribution is 7.87. The minimum atomic E-state index is -3.45. The summed E-state index contributed by atoms with van der Waals surface area (Å²) in [4.78, 5) is 0. The molecule has 1 N–H and O–H groups in total. The predicted octanol–water partition coefficient (Wildman–Crippen LogP) is 1.58. The number of aromatic nitrogens is 1. The average Bonchev–Trinajstić information content (AvgIpc) is 2.82. The second kappa shape index (κ2) is 6.02. The number of hydrogen-bond acceptors (Lipinski definition) is 4. The van der Waals surface area contributed by atoms with Crippen LogP contribution in [0.4, 0.5) is 0 Å². The van der Waals surface area contributed by atoms with E-state index in [4.69, 9.17) is 4.52 Å². The van der Waals surface area contributed by atoms with Crippen molar-refractivity contribution < 1.29 is 12.9 Å². The number of hydrogen-bond donors (Lipinski definition) is 1. The van der Waals surface area contributed by atoms with Crippen LogP contribution in [0.3, 0.4) is 0 Å². The van der Waals surface area contributed by atoms with E-state index in [0.717, 1.165) is 31.4 Å². The molecule has 2 rings (SSSR count). The first-order valence-electron chi connectivity index (χ1n) is 6.64. The van der Waals surface area contributed by atoms with Crippen molar-refractivity contribution in [1.29, 1.82) is 0 Å². The minimum absolute atomic E-state index is 0.114. The Hall–Kier alpha value is -0.920. The summed E-state index contributed by atoms with van der Waals surface area (Å²) in [7, 11) is -1.81.